The van der Waals surface area contributed by atoms with Crippen molar-refractivity contribution in [3.05, 3.63) is 42.1 Å². The molecular formula is C24H33F3N2S. The fourth-order valence-corrected chi connectivity index (χ4v) is 7.28. The van der Waals surface area contributed by atoms with Crippen LogP contribution in [0, 0.1) is 5.41 Å². The average Bonchev–Trinajstić information content (AvgIpc) is 3.50. The van der Waals surface area contributed by atoms with Gasteiger partial charge in [-0.05, 0) is 63.6 Å². The Balaban J connectivity index is 1.46. The summed E-state index contributed by atoms with van der Waals surface area (Å²) in [5, 5.41) is 0.703. The fourth-order valence-electron chi connectivity index (χ4n) is 4.93. The SMILES string of the molecule is C=C1N(c2ccc(C(C)(C)C(F)(F)F)cc2)CCC12CCN(S(=C)(=C)C1CC1)CC2. The molecule has 3 aliphatic rings. The summed E-state index contributed by atoms with van der Waals surface area (Å²) in [5.41, 5.74) is 0.579. The zero-order chi connectivity index (χ0) is 21.9. The third-order valence-corrected chi connectivity index (χ3v) is 10.8. The van der Waals surface area contributed by atoms with Crippen molar-refractivity contribution < 1.29 is 13.2 Å². The highest BCUT2D eigenvalue weighted by Gasteiger charge is 2.49. The van der Waals surface area contributed by atoms with Crippen LogP contribution in [0.5, 0.6) is 0 Å². The molecule has 0 amide bonds. The van der Waals surface area contributed by atoms with Crippen molar-refractivity contribution in [1.82, 2.24) is 4.31 Å². The van der Waals surface area contributed by atoms with Gasteiger partial charge in [-0.25, -0.2) is 0 Å². The lowest BCUT2D eigenvalue weighted by molar-refractivity contribution is -0.180. The first-order valence-electron chi connectivity index (χ1n) is 10.8. The number of nitrogens with zero attached hydrogens (tertiary/aromatic N) is 2. The van der Waals surface area contributed by atoms with Crippen molar-refractivity contribution in [3.8, 4) is 0 Å². The van der Waals surface area contributed by atoms with E-state index in [0.29, 0.717) is 5.25 Å². The predicted octanol–water partition coefficient (Wildman–Crippen LogP) is 6.08. The minimum absolute atomic E-state index is 0.0967. The lowest BCUT2D eigenvalue weighted by Crippen LogP contribution is -2.39. The number of alkyl halides is 3. The van der Waals surface area contributed by atoms with E-state index in [2.05, 4.69) is 27.5 Å². The van der Waals surface area contributed by atoms with Crippen LogP contribution in [0.4, 0.5) is 18.9 Å². The molecule has 2 saturated heterocycles. The molecule has 0 atom stereocenters. The molecule has 2 heterocycles. The standard InChI is InChI=1S/C24H33F3N2S/c1-18-23(12-15-28(16-13-23)30(4,5)21-10-11-21)14-17-29(18)20-8-6-19(7-9-20)22(2,3)24(25,26)27/h6-9,21H,1,4-5,10-17H2,2-3H3. The van der Waals surface area contributed by atoms with Gasteiger partial charge in [0.15, 0.2) is 0 Å². The summed E-state index contributed by atoms with van der Waals surface area (Å²) in [4.78, 5) is 2.20. The Morgan fingerprint density at radius 1 is 0.967 bits per heavy atom. The van der Waals surface area contributed by atoms with Crippen LogP contribution < -0.4 is 4.90 Å². The summed E-state index contributed by atoms with van der Waals surface area (Å²) in [5.74, 6) is 8.97. The summed E-state index contributed by atoms with van der Waals surface area (Å²) in [6, 6.07) is 6.86. The van der Waals surface area contributed by atoms with Gasteiger partial charge in [0, 0.05) is 41.7 Å². The van der Waals surface area contributed by atoms with E-state index in [1.54, 1.807) is 12.1 Å². The van der Waals surface area contributed by atoms with Gasteiger partial charge in [0.25, 0.3) is 0 Å². The summed E-state index contributed by atoms with van der Waals surface area (Å²) < 4.78 is 42.6. The fraction of sp³-hybridized carbons (Fsp3) is 0.583. The molecule has 30 heavy (non-hydrogen) atoms. The van der Waals surface area contributed by atoms with E-state index < -0.39 is 21.0 Å². The van der Waals surface area contributed by atoms with Crippen molar-refractivity contribution in [2.24, 2.45) is 5.41 Å². The van der Waals surface area contributed by atoms with Crippen molar-refractivity contribution in [3.63, 3.8) is 0 Å². The zero-order valence-electron chi connectivity index (χ0n) is 18.1. The average molecular weight is 439 g/mol. The number of rotatable bonds is 4. The number of anilines is 1. The molecule has 1 spiro atoms. The quantitative estimate of drug-likeness (QED) is 0.526. The van der Waals surface area contributed by atoms with Gasteiger partial charge in [-0.15, -0.1) is 0 Å². The summed E-state index contributed by atoms with van der Waals surface area (Å²) in [6.07, 6.45) is 1.44. The number of allylic oxidation sites excluding steroid dienone is 1. The lowest BCUT2D eigenvalue weighted by atomic mass is 9.76. The van der Waals surface area contributed by atoms with Crippen LogP contribution >= 0.6 is 9.39 Å². The first-order chi connectivity index (χ1) is 13.9. The second-order valence-electron chi connectivity index (χ2n) is 9.83. The Kier molecular flexibility index (Phi) is 5.13. The minimum Gasteiger partial charge on any atom is -0.345 e. The largest absolute Gasteiger partial charge is 0.397 e. The van der Waals surface area contributed by atoms with Crippen LogP contribution in [0.3, 0.4) is 0 Å². The van der Waals surface area contributed by atoms with Gasteiger partial charge in [-0.2, -0.15) is 22.6 Å². The Labute approximate surface area is 179 Å². The third-order valence-electron chi connectivity index (χ3n) is 7.70. The van der Waals surface area contributed by atoms with Gasteiger partial charge >= 0.3 is 6.18 Å². The molecule has 2 aliphatic heterocycles. The Morgan fingerprint density at radius 3 is 2.00 bits per heavy atom. The maximum absolute atomic E-state index is 13.4. The molecule has 4 rings (SSSR count). The molecule has 0 unspecified atom stereocenters. The van der Waals surface area contributed by atoms with Gasteiger partial charge in [-0.1, -0.05) is 30.5 Å². The van der Waals surface area contributed by atoms with E-state index in [1.165, 1.54) is 26.7 Å². The van der Waals surface area contributed by atoms with Crippen LogP contribution in [0.25, 0.3) is 0 Å². The van der Waals surface area contributed by atoms with Gasteiger partial charge < -0.3 is 4.90 Å². The predicted molar refractivity (Wildman–Crippen MR) is 125 cm³/mol. The molecular weight excluding hydrogens is 405 g/mol. The van der Waals surface area contributed by atoms with Crippen LogP contribution in [0.2, 0.25) is 0 Å². The molecule has 166 valence electrons. The molecule has 1 aliphatic carbocycles. The molecule has 1 saturated carbocycles. The van der Waals surface area contributed by atoms with Crippen LogP contribution in [-0.4, -0.2) is 47.1 Å². The first-order valence-corrected chi connectivity index (χ1v) is 12.8. The zero-order valence-corrected chi connectivity index (χ0v) is 18.9. The Bertz CT molecular complexity index is 916. The number of benzene rings is 1. The first kappa shape index (κ1) is 21.8. The molecule has 0 N–H and O–H groups in total. The molecule has 2 nitrogen and oxygen atoms in total. The maximum atomic E-state index is 13.4. The third kappa shape index (κ3) is 3.50. The monoisotopic (exact) mass is 438 g/mol. The van der Waals surface area contributed by atoms with E-state index >= 15 is 0 Å². The molecule has 0 radical (unpaired) electrons. The van der Waals surface area contributed by atoms with E-state index in [0.717, 1.165) is 50.3 Å². The van der Waals surface area contributed by atoms with Gasteiger partial charge in [0.1, 0.15) is 0 Å². The van der Waals surface area contributed by atoms with E-state index in [1.807, 2.05) is 12.1 Å². The highest BCUT2D eigenvalue weighted by atomic mass is 32.2. The van der Waals surface area contributed by atoms with Crippen LogP contribution in [-0.2, 0) is 5.41 Å². The molecule has 0 aromatic heterocycles. The van der Waals surface area contributed by atoms with Gasteiger partial charge in [0.2, 0.25) is 0 Å². The van der Waals surface area contributed by atoms with Crippen LogP contribution in [0.1, 0.15) is 51.5 Å². The Hall–Kier alpha value is -1.40. The summed E-state index contributed by atoms with van der Waals surface area (Å²) in [7, 11) is -1.15. The smallest absolute Gasteiger partial charge is 0.345 e. The minimum atomic E-state index is -4.27. The molecule has 1 aromatic rings. The summed E-state index contributed by atoms with van der Waals surface area (Å²) >= 11 is 0. The highest BCUT2D eigenvalue weighted by Crippen LogP contribution is 2.53. The van der Waals surface area contributed by atoms with Crippen molar-refractivity contribution in [2.75, 3.05) is 24.5 Å². The normalized spacial score (nSPS) is 23.4. The number of halogens is 3. The van der Waals surface area contributed by atoms with E-state index in [4.69, 9.17) is 0 Å². The number of piperidine rings is 1. The lowest BCUT2D eigenvalue weighted by Gasteiger charge is -2.43. The molecule has 6 heteroatoms. The number of hydrogen-bond acceptors (Lipinski definition) is 2. The maximum Gasteiger partial charge on any atom is 0.397 e. The molecule has 3 fully saturated rings. The van der Waals surface area contributed by atoms with E-state index in [-0.39, 0.29) is 11.0 Å². The van der Waals surface area contributed by atoms with E-state index in [9.17, 15) is 13.2 Å². The van der Waals surface area contributed by atoms with Gasteiger partial charge in [-0.3, -0.25) is 4.31 Å². The van der Waals surface area contributed by atoms with Gasteiger partial charge in [0.05, 0.1) is 5.41 Å². The second-order valence-corrected chi connectivity index (χ2v) is 12.8. The molecule has 1 aromatic carbocycles. The topological polar surface area (TPSA) is 6.48 Å². The van der Waals surface area contributed by atoms with Crippen LogP contribution in [0.15, 0.2) is 36.5 Å². The highest BCUT2D eigenvalue weighted by molar-refractivity contribution is 8.26. The molecule has 0 bridgehead atoms. The summed E-state index contributed by atoms with van der Waals surface area (Å²) in [6.45, 7) is 9.81. The van der Waals surface area contributed by atoms with Crippen molar-refractivity contribution in [1.29, 1.82) is 0 Å². The second kappa shape index (κ2) is 7.06. The van der Waals surface area contributed by atoms with Crippen molar-refractivity contribution >= 4 is 26.8 Å². The Morgan fingerprint density at radius 2 is 1.50 bits per heavy atom. The van der Waals surface area contributed by atoms with Crippen molar-refractivity contribution in [2.45, 2.75) is 62.8 Å². The number of hydrogen-bond donors (Lipinski definition) is 0.